The molecule has 7 heteroatoms. The number of alkyl halides is 6. The lowest BCUT2D eigenvalue weighted by Gasteiger charge is -2.17. The minimum absolute atomic E-state index is 0.359. The second-order valence-corrected chi connectivity index (χ2v) is 3.36. The Labute approximate surface area is 93.0 Å². The van der Waals surface area contributed by atoms with Gasteiger partial charge in [-0.05, 0) is 24.6 Å². The van der Waals surface area contributed by atoms with E-state index in [0.717, 1.165) is 14.0 Å². The van der Waals surface area contributed by atoms with Gasteiger partial charge in [0.15, 0.2) is 0 Å². The van der Waals surface area contributed by atoms with Crippen LogP contribution in [0.2, 0.25) is 0 Å². The van der Waals surface area contributed by atoms with Crippen LogP contribution in [0, 0.1) is 6.92 Å². The Hall–Kier alpha value is -1.40. The molecule has 1 nitrogen and oxygen atoms in total. The molecule has 96 valence electrons. The zero-order valence-electron chi connectivity index (χ0n) is 8.83. The molecule has 0 fully saturated rings. The summed E-state index contributed by atoms with van der Waals surface area (Å²) in [6, 6.07) is 0.791. The molecule has 0 saturated heterocycles. The Balaban J connectivity index is 3.46. The maximum Gasteiger partial charge on any atom is 0.419 e. The number of hydrogen-bond donors (Lipinski definition) is 0. The van der Waals surface area contributed by atoms with Gasteiger partial charge in [0.2, 0.25) is 0 Å². The lowest BCUT2D eigenvalue weighted by molar-refractivity contribution is -0.142. The highest BCUT2D eigenvalue weighted by atomic mass is 19.4. The van der Waals surface area contributed by atoms with E-state index in [1.807, 2.05) is 0 Å². The summed E-state index contributed by atoms with van der Waals surface area (Å²) in [7, 11) is 0.889. The summed E-state index contributed by atoms with van der Waals surface area (Å²) in [6.07, 6.45) is -9.46. The van der Waals surface area contributed by atoms with Crippen molar-refractivity contribution in [3.63, 3.8) is 0 Å². The number of aryl methyl sites for hydroxylation is 1. The van der Waals surface area contributed by atoms with Crippen LogP contribution >= 0.6 is 0 Å². The third-order valence-corrected chi connectivity index (χ3v) is 2.16. The van der Waals surface area contributed by atoms with E-state index in [1.54, 1.807) is 0 Å². The van der Waals surface area contributed by atoms with Gasteiger partial charge in [0.25, 0.3) is 0 Å². The first-order valence-electron chi connectivity index (χ1n) is 4.40. The summed E-state index contributed by atoms with van der Waals surface area (Å²) in [5.74, 6) is -0.838. The third-order valence-electron chi connectivity index (χ3n) is 2.16. The molecule has 1 rings (SSSR count). The zero-order chi connectivity index (χ0) is 13.4. The second-order valence-electron chi connectivity index (χ2n) is 3.36. The van der Waals surface area contributed by atoms with Crippen molar-refractivity contribution in [2.24, 2.45) is 0 Å². The van der Waals surface area contributed by atoms with Crippen molar-refractivity contribution >= 4 is 0 Å². The van der Waals surface area contributed by atoms with Crippen LogP contribution in [0.1, 0.15) is 16.7 Å². The van der Waals surface area contributed by atoms with Gasteiger partial charge in [-0.15, -0.1) is 0 Å². The molecule has 0 unspecified atom stereocenters. The van der Waals surface area contributed by atoms with Gasteiger partial charge in [0.1, 0.15) is 5.75 Å². The minimum atomic E-state index is -4.75. The highest BCUT2D eigenvalue weighted by Crippen LogP contribution is 2.41. The average molecular weight is 258 g/mol. The summed E-state index contributed by atoms with van der Waals surface area (Å²) in [5, 5.41) is 0. The van der Waals surface area contributed by atoms with Crippen molar-refractivity contribution in [3.05, 3.63) is 28.8 Å². The highest BCUT2D eigenvalue weighted by molar-refractivity contribution is 5.45. The van der Waals surface area contributed by atoms with Crippen molar-refractivity contribution in [2.75, 3.05) is 7.11 Å². The maximum absolute atomic E-state index is 12.5. The van der Waals surface area contributed by atoms with E-state index in [4.69, 9.17) is 0 Å². The molecular weight excluding hydrogens is 250 g/mol. The number of rotatable bonds is 1. The Morgan fingerprint density at radius 2 is 1.35 bits per heavy atom. The summed E-state index contributed by atoms with van der Waals surface area (Å²) in [5.41, 5.74) is -2.85. The van der Waals surface area contributed by atoms with E-state index in [0.29, 0.717) is 12.1 Å². The smallest absolute Gasteiger partial charge is 0.419 e. The molecular formula is C10H8F6O. The van der Waals surface area contributed by atoms with E-state index in [2.05, 4.69) is 4.74 Å². The van der Waals surface area contributed by atoms with Gasteiger partial charge in [-0.25, -0.2) is 0 Å². The molecule has 1 aromatic rings. The number of ether oxygens (including phenoxy) is 1. The molecule has 0 aliphatic carbocycles. The van der Waals surface area contributed by atoms with Crippen molar-refractivity contribution < 1.29 is 31.1 Å². The van der Waals surface area contributed by atoms with E-state index in [-0.39, 0.29) is 0 Å². The average Bonchev–Trinajstić information content (AvgIpc) is 2.14. The van der Waals surface area contributed by atoms with Crippen molar-refractivity contribution in [1.82, 2.24) is 0 Å². The van der Waals surface area contributed by atoms with Crippen molar-refractivity contribution in [1.29, 1.82) is 0 Å². The summed E-state index contributed by atoms with van der Waals surface area (Å²) in [4.78, 5) is 0. The van der Waals surface area contributed by atoms with Gasteiger partial charge >= 0.3 is 12.4 Å². The molecule has 0 saturated carbocycles. The molecule has 0 spiro atoms. The largest absolute Gasteiger partial charge is 0.496 e. The van der Waals surface area contributed by atoms with Crippen LogP contribution in [-0.4, -0.2) is 7.11 Å². The Morgan fingerprint density at radius 3 is 1.71 bits per heavy atom. The number of halogens is 6. The normalized spacial score (nSPS) is 12.7. The fourth-order valence-electron chi connectivity index (χ4n) is 1.38. The highest BCUT2D eigenvalue weighted by Gasteiger charge is 2.39. The first-order chi connectivity index (χ1) is 7.57. The summed E-state index contributed by atoms with van der Waals surface area (Å²) >= 11 is 0. The fourth-order valence-corrected chi connectivity index (χ4v) is 1.38. The van der Waals surface area contributed by atoms with Crippen LogP contribution in [0.25, 0.3) is 0 Å². The number of benzene rings is 1. The summed E-state index contributed by atoms with van der Waals surface area (Å²) in [6.45, 7) is 0.970. The Kier molecular flexibility index (Phi) is 3.31. The maximum atomic E-state index is 12.5. The van der Waals surface area contributed by atoms with Gasteiger partial charge in [-0.1, -0.05) is 0 Å². The van der Waals surface area contributed by atoms with Gasteiger partial charge in [0, 0.05) is 0 Å². The molecule has 1 aromatic carbocycles. The second kappa shape index (κ2) is 4.12. The topological polar surface area (TPSA) is 9.23 Å². The predicted octanol–water partition coefficient (Wildman–Crippen LogP) is 4.04. The molecule has 0 amide bonds. The third kappa shape index (κ3) is 2.83. The Bertz CT molecular complexity index is 418. The molecule has 0 aliphatic heterocycles. The summed E-state index contributed by atoms with van der Waals surface area (Å²) < 4.78 is 79.2. The quantitative estimate of drug-likeness (QED) is 0.691. The predicted molar refractivity (Wildman–Crippen MR) is 47.7 cm³/mol. The van der Waals surface area contributed by atoms with E-state index in [1.165, 1.54) is 0 Å². The minimum Gasteiger partial charge on any atom is -0.496 e. The monoisotopic (exact) mass is 258 g/mol. The van der Waals surface area contributed by atoms with Crippen LogP contribution in [0.5, 0.6) is 5.75 Å². The van der Waals surface area contributed by atoms with Crippen molar-refractivity contribution in [3.8, 4) is 5.75 Å². The lowest BCUT2D eigenvalue weighted by Crippen LogP contribution is -2.13. The van der Waals surface area contributed by atoms with Crippen LogP contribution in [0.3, 0.4) is 0 Å². The van der Waals surface area contributed by atoms with Crippen molar-refractivity contribution in [2.45, 2.75) is 19.3 Å². The van der Waals surface area contributed by atoms with Gasteiger partial charge in [0.05, 0.1) is 18.2 Å². The molecule has 0 aromatic heterocycles. The fraction of sp³-hybridized carbons (Fsp3) is 0.400. The van der Waals surface area contributed by atoms with Crippen LogP contribution in [-0.2, 0) is 12.4 Å². The van der Waals surface area contributed by atoms with Crippen LogP contribution in [0.15, 0.2) is 12.1 Å². The van der Waals surface area contributed by atoms with E-state index < -0.39 is 34.8 Å². The SMILES string of the molecule is COc1cc(C(F)(F)F)c(C)cc1C(F)(F)F. The van der Waals surface area contributed by atoms with E-state index >= 15 is 0 Å². The molecule has 17 heavy (non-hydrogen) atoms. The van der Waals surface area contributed by atoms with Gasteiger partial charge in [-0.2, -0.15) is 26.3 Å². The van der Waals surface area contributed by atoms with E-state index in [9.17, 15) is 26.3 Å². The lowest BCUT2D eigenvalue weighted by atomic mass is 10.0. The first-order valence-corrected chi connectivity index (χ1v) is 4.40. The molecule has 0 N–H and O–H groups in total. The molecule has 0 bridgehead atoms. The molecule has 0 radical (unpaired) electrons. The molecule has 0 heterocycles. The zero-order valence-corrected chi connectivity index (χ0v) is 8.83. The molecule has 0 aliphatic rings. The number of hydrogen-bond acceptors (Lipinski definition) is 1. The first kappa shape index (κ1) is 13.7. The standard InChI is InChI=1S/C10H8F6O/c1-5-3-7(10(14,15)16)8(17-2)4-6(5)9(11,12)13/h3-4H,1-2H3. The van der Waals surface area contributed by atoms with Crippen LogP contribution < -0.4 is 4.74 Å². The Morgan fingerprint density at radius 1 is 0.882 bits per heavy atom. The van der Waals surface area contributed by atoms with Crippen LogP contribution in [0.4, 0.5) is 26.3 Å². The molecule has 0 atom stereocenters. The van der Waals surface area contributed by atoms with Gasteiger partial charge < -0.3 is 4.74 Å². The number of methoxy groups -OCH3 is 1. The van der Waals surface area contributed by atoms with Gasteiger partial charge in [-0.3, -0.25) is 0 Å².